The van der Waals surface area contributed by atoms with E-state index in [1.54, 1.807) is 0 Å². The summed E-state index contributed by atoms with van der Waals surface area (Å²) in [5.74, 6) is 0.635. The molecule has 1 unspecified atom stereocenters. The molecule has 5 nitrogen and oxygen atoms in total. The second-order valence-corrected chi connectivity index (χ2v) is 4.01. The number of aliphatic hydroxyl groups excluding tert-OH is 1. The molecule has 0 saturated carbocycles. The zero-order chi connectivity index (χ0) is 13.7. The first-order chi connectivity index (χ1) is 9.24. The first-order valence-electron chi connectivity index (χ1n) is 5.91. The van der Waals surface area contributed by atoms with Crippen LogP contribution in [0.3, 0.4) is 0 Å². The van der Waals surface area contributed by atoms with Gasteiger partial charge in [0.15, 0.2) is 0 Å². The molecule has 2 rings (SSSR count). The van der Waals surface area contributed by atoms with Crippen molar-refractivity contribution in [2.24, 2.45) is 0 Å². The highest BCUT2D eigenvalue weighted by atomic mass is 16.5. The second-order valence-electron chi connectivity index (χ2n) is 4.01. The molecule has 1 N–H and O–H groups in total. The summed E-state index contributed by atoms with van der Waals surface area (Å²) in [5.41, 5.74) is 1.43. The fourth-order valence-electron chi connectivity index (χ4n) is 1.78. The summed E-state index contributed by atoms with van der Waals surface area (Å²) in [7, 11) is 2.99. The summed E-state index contributed by atoms with van der Waals surface area (Å²) in [6.45, 7) is 0. The van der Waals surface area contributed by atoms with Gasteiger partial charge in [-0.1, -0.05) is 30.3 Å². The van der Waals surface area contributed by atoms with E-state index < -0.39 is 6.10 Å². The molecule has 0 fully saturated rings. The number of hydrogen-bond acceptors (Lipinski definition) is 5. The molecule has 0 aliphatic carbocycles. The average molecular weight is 260 g/mol. The minimum atomic E-state index is -0.768. The number of benzene rings is 1. The normalized spacial score (nSPS) is 11.9. The summed E-state index contributed by atoms with van der Waals surface area (Å²) in [5, 5.41) is 10.2. The van der Waals surface area contributed by atoms with Crippen molar-refractivity contribution >= 4 is 0 Å². The van der Waals surface area contributed by atoms with Crippen molar-refractivity contribution in [2.45, 2.75) is 12.5 Å². The summed E-state index contributed by atoms with van der Waals surface area (Å²) in [4.78, 5) is 8.26. The minimum absolute atomic E-state index is 0.280. The second kappa shape index (κ2) is 6.15. The van der Waals surface area contributed by atoms with Gasteiger partial charge in [0.05, 0.1) is 20.4 Å². The van der Waals surface area contributed by atoms with Gasteiger partial charge < -0.3 is 14.6 Å². The Morgan fingerprint density at radius 2 is 1.89 bits per heavy atom. The lowest BCUT2D eigenvalue weighted by atomic mass is 10.1. The van der Waals surface area contributed by atoms with Crippen LogP contribution in [0.1, 0.15) is 17.4 Å². The van der Waals surface area contributed by atoms with Gasteiger partial charge in [-0.3, -0.25) is 0 Å². The molecule has 1 aromatic carbocycles. The van der Waals surface area contributed by atoms with Crippen LogP contribution in [-0.2, 0) is 6.42 Å². The monoisotopic (exact) mass is 260 g/mol. The Balaban J connectivity index is 2.21. The standard InChI is InChI=1S/C14H16N2O3/c1-18-12-9-15-13(14(16-12)19-2)11(17)8-10-6-4-3-5-7-10/h3-7,9,11,17H,8H2,1-2H3. The van der Waals surface area contributed by atoms with E-state index in [9.17, 15) is 5.11 Å². The third-order valence-corrected chi connectivity index (χ3v) is 2.73. The number of aromatic nitrogens is 2. The molecule has 0 radical (unpaired) electrons. The van der Waals surface area contributed by atoms with Crippen LogP contribution in [-0.4, -0.2) is 29.3 Å². The highest BCUT2D eigenvalue weighted by molar-refractivity contribution is 5.26. The Morgan fingerprint density at radius 1 is 1.16 bits per heavy atom. The third kappa shape index (κ3) is 3.20. The van der Waals surface area contributed by atoms with Gasteiger partial charge in [0, 0.05) is 6.42 Å². The summed E-state index contributed by atoms with van der Waals surface area (Å²) >= 11 is 0. The molecule has 1 heterocycles. The molecule has 0 bridgehead atoms. The smallest absolute Gasteiger partial charge is 0.241 e. The van der Waals surface area contributed by atoms with E-state index in [0.717, 1.165) is 5.56 Å². The summed E-state index contributed by atoms with van der Waals surface area (Å²) in [6.07, 6.45) is 1.15. The molecule has 5 heteroatoms. The van der Waals surface area contributed by atoms with Crippen molar-refractivity contribution in [3.05, 3.63) is 47.8 Å². The molecule has 0 spiro atoms. The maximum absolute atomic E-state index is 10.2. The highest BCUT2D eigenvalue weighted by Crippen LogP contribution is 2.25. The number of nitrogens with zero attached hydrogens (tertiary/aromatic N) is 2. The van der Waals surface area contributed by atoms with E-state index in [1.165, 1.54) is 20.4 Å². The number of hydrogen-bond donors (Lipinski definition) is 1. The Labute approximate surface area is 111 Å². The predicted molar refractivity (Wildman–Crippen MR) is 70.2 cm³/mol. The van der Waals surface area contributed by atoms with Crippen molar-refractivity contribution in [3.8, 4) is 11.8 Å². The Bertz CT molecular complexity index is 531. The average Bonchev–Trinajstić information content (AvgIpc) is 2.47. The molecule has 0 saturated heterocycles. The van der Waals surface area contributed by atoms with Crippen molar-refractivity contribution in [1.29, 1.82) is 0 Å². The van der Waals surface area contributed by atoms with Crippen LogP contribution >= 0.6 is 0 Å². The number of ether oxygens (including phenoxy) is 2. The lowest BCUT2D eigenvalue weighted by Crippen LogP contribution is -2.08. The molecule has 0 aliphatic rings. The van der Waals surface area contributed by atoms with Gasteiger partial charge in [0.25, 0.3) is 0 Å². The first-order valence-corrected chi connectivity index (χ1v) is 5.91. The van der Waals surface area contributed by atoms with Gasteiger partial charge in [-0.25, -0.2) is 4.98 Å². The first kappa shape index (κ1) is 13.3. The fraction of sp³-hybridized carbons (Fsp3) is 0.286. The van der Waals surface area contributed by atoms with E-state index in [-0.39, 0.29) is 5.88 Å². The zero-order valence-corrected chi connectivity index (χ0v) is 10.9. The van der Waals surface area contributed by atoms with Gasteiger partial charge in [0.1, 0.15) is 11.8 Å². The van der Waals surface area contributed by atoms with E-state index in [1.807, 2.05) is 30.3 Å². The maximum atomic E-state index is 10.2. The lowest BCUT2D eigenvalue weighted by Gasteiger charge is -2.13. The van der Waals surface area contributed by atoms with Crippen LogP contribution < -0.4 is 9.47 Å². The van der Waals surface area contributed by atoms with Crippen molar-refractivity contribution in [3.63, 3.8) is 0 Å². The van der Waals surface area contributed by atoms with Crippen LogP contribution in [0.2, 0.25) is 0 Å². The molecular weight excluding hydrogens is 244 g/mol. The number of rotatable bonds is 5. The highest BCUT2D eigenvalue weighted by Gasteiger charge is 2.17. The largest absolute Gasteiger partial charge is 0.480 e. The van der Waals surface area contributed by atoms with Crippen molar-refractivity contribution < 1.29 is 14.6 Å². The van der Waals surface area contributed by atoms with Crippen LogP contribution in [0, 0.1) is 0 Å². The minimum Gasteiger partial charge on any atom is -0.480 e. The van der Waals surface area contributed by atoms with Crippen LogP contribution in [0.25, 0.3) is 0 Å². The van der Waals surface area contributed by atoms with Crippen molar-refractivity contribution in [1.82, 2.24) is 9.97 Å². The number of aliphatic hydroxyl groups is 1. The molecule has 0 aliphatic heterocycles. The molecule has 1 aromatic heterocycles. The van der Waals surface area contributed by atoms with E-state index in [0.29, 0.717) is 18.0 Å². The molecule has 1 atom stereocenters. The molecule has 19 heavy (non-hydrogen) atoms. The SMILES string of the molecule is COc1cnc(C(O)Cc2ccccc2)c(OC)n1. The predicted octanol–water partition coefficient (Wildman–Crippen LogP) is 1.77. The number of methoxy groups -OCH3 is 2. The zero-order valence-electron chi connectivity index (χ0n) is 10.9. The maximum Gasteiger partial charge on any atom is 0.241 e. The summed E-state index contributed by atoms with van der Waals surface area (Å²) in [6, 6.07) is 9.70. The quantitative estimate of drug-likeness (QED) is 0.887. The third-order valence-electron chi connectivity index (χ3n) is 2.73. The van der Waals surface area contributed by atoms with Gasteiger partial charge in [-0.2, -0.15) is 4.98 Å². The molecule has 0 amide bonds. The van der Waals surface area contributed by atoms with Gasteiger partial charge >= 0.3 is 0 Å². The molecule has 2 aromatic rings. The van der Waals surface area contributed by atoms with E-state index in [2.05, 4.69) is 9.97 Å². The Hall–Kier alpha value is -2.14. The summed E-state index contributed by atoms with van der Waals surface area (Å²) < 4.78 is 10.1. The Morgan fingerprint density at radius 3 is 2.53 bits per heavy atom. The van der Waals surface area contributed by atoms with Crippen molar-refractivity contribution in [2.75, 3.05) is 14.2 Å². The van der Waals surface area contributed by atoms with Gasteiger partial charge in [-0.05, 0) is 5.56 Å². The molecule has 100 valence electrons. The topological polar surface area (TPSA) is 64.5 Å². The van der Waals surface area contributed by atoms with E-state index >= 15 is 0 Å². The van der Waals surface area contributed by atoms with Crippen LogP contribution in [0.15, 0.2) is 36.5 Å². The molecular formula is C14H16N2O3. The fourth-order valence-corrected chi connectivity index (χ4v) is 1.78. The van der Waals surface area contributed by atoms with E-state index in [4.69, 9.17) is 9.47 Å². The van der Waals surface area contributed by atoms with Gasteiger partial charge in [0.2, 0.25) is 11.8 Å². The van der Waals surface area contributed by atoms with Crippen LogP contribution in [0.5, 0.6) is 11.8 Å². The lowest BCUT2D eigenvalue weighted by molar-refractivity contribution is 0.167. The van der Waals surface area contributed by atoms with Gasteiger partial charge in [-0.15, -0.1) is 0 Å². The Kier molecular flexibility index (Phi) is 4.30. The van der Waals surface area contributed by atoms with Crippen LogP contribution in [0.4, 0.5) is 0 Å².